The van der Waals surface area contributed by atoms with Gasteiger partial charge in [-0.2, -0.15) is 0 Å². The van der Waals surface area contributed by atoms with Crippen molar-refractivity contribution >= 4 is 17.9 Å². The molecule has 9 nitrogen and oxygen atoms in total. The molecule has 34 heavy (non-hydrogen) atoms. The van der Waals surface area contributed by atoms with Gasteiger partial charge in [-0.25, -0.2) is 14.6 Å². The van der Waals surface area contributed by atoms with Gasteiger partial charge in [0, 0.05) is 25.3 Å². The summed E-state index contributed by atoms with van der Waals surface area (Å²) in [5, 5.41) is 15.1. The van der Waals surface area contributed by atoms with E-state index >= 15 is 0 Å². The standard InChI is InChI=1S/C25H32N4O5/c30-24(31)22(28-25(32)34-16-18-6-2-1-3-7-18)17-33-21-14-29(15-21)13-5-9-20-11-10-19-8-4-12-26-23(19)27-20/h1-3,6-7,10-11,21-22H,4-5,8-9,12-17H2,(H,26,27)(H,28,32)(H,30,31)/t22-/m0/s1. The second-order valence-electron chi connectivity index (χ2n) is 8.76. The van der Waals surface area contributed by atoms with Crippen LogP contribution in [-0.4, -0.2) is 72.0 Å². The summed E-state index contributed by atoms with van der Waals surface area (Å²) in [5.74, 6) is -0.119. The van der Waals surface area contributed by atoms with Crippen LogP contribution >= 0.6 is 0 Å². The number of fused-ring (bicyclic) bond motifs is 1. The molecule has 1 aromatic heterocycles. The largest absolute Gasteiger partial charge is 0.480 e. The van der Waals surface area contributed by atoms with Crippen molar-refractivity contribution in [2.45, 2.75) is 44.4 Å². The average molecular weight is 469 g/mol. The van der Waals surface area contributed by atoms with E-state index in [-0.39, 0.29) is 19.3 Å². The first-order valence-electron chi connectivity index (χ1n) is 11.8. The van der Waals surface area contributed by atoms with Crippen LogP contribution in [-0.2, 0) is 33.7 Å². The van der Waals surface area contributed by atoms with Gasteiger partial charge < -0.3 is 25.2 Å². The number of ether oxygens (including phenoxy) is 2. The molecule has 1 aromatic carbocycles. The van der Waals surface area contributed by atoms with E-state index in [1.54, 1.807) is 0 Å². The number of rotatable bonds is 11. The highest BCUT2D eigenvalue weighted by atomic mass is 16.5. The lowest BCUT2D eigenvalue weighted by Gasteiger charge is -2.39. The van der Waals surface area contributed by atoms with Crippen LogP contribution in [0, 0.1) is 0 Å². The number of likely N-dealkylation sites (tertiary alicyclic amines) is 1. The topological polar surface area (TPSA) is 113 Å². The third kappa shape index (κ3) is 6.91. The Morgan fingerprint density at radius 1 is 1.21 bits per heavy atom. The maximum absolute atomic E-state index is 12.0. The Kier molecular flexibility index (Phi) is 8.32. The van der Waals surface area contributed by atoms with Crippen molar-refractivity contribution in [3.05, 3.63) is 59.3 Å². The van der Waals surface area contributed by atoms with E-state index in [9.17, 15) is 14.7 Å². The second kappa shape index (κ2) is 11.8. The highest BCUT2D eigenvalue weighted by Crippen LogP contribution is 2.20. The van der Waals surface area contributed by atoms with Crippen LogP contribution in [0.2, 0.25) is 0 Å². The molecule has 4 rings (SSSR count). The number of aromatic nitrogens is 1. The molecule has 0 aliphatic carbocycles. The Balaban J connectivity index is 1.10. The quantitative estimate of drug-likeness (QED) is 0.461. The van der Waals surface area contributed by atoms with Gasteiger partial charge in [-0.3, -0.25) is 4.90 Å². The summed E-state index contributed by atoms with van der Waals surface area (Å²) >= 11 is 0. The third-order valence-corrected chi connectivity index (χ3v) is 6.08. The van der Waals surface area contributed by atoms with Crippen LogP contribution in [0.4, 0.5) is 10.6 Å². The minimum Gasteiger partial charge on any atom is -0.480 e. The first-order valence-corrected chi connectivity index (χ1v) is 11.8. The summed E-state index contributed by atoms with van der Waals surface area (Å²) in [7, 11) is 0. The summed E-state index contributed by atoms with van der Waals surface area (Å²) < 4.78 is 10.8. The first kappa shape index (κ1) is 24.0. The molecule has 0 spiro atoms. The van der Waals surface area contributed by atoms with Crippen molar-refractivity contribution < 1.29 is 24.2 Å². The van der Waals surface area contributed by atoms with Crippen LogP contribution in [0.25, 0.3) is 0 Å². The van der Waals surface area contributed by atoms with Crippen molar-refractivity contribution in [2.75, 3.05) is 38.1 Å². The molecular formula is C25H32N4O5. The lowest BCUT2D eigenvalue weighted by molar-refractivity contribution is -0.143. The molecule has 2 aliphatic heterocycles. The Hall–Kier alpha value is -3.17. The van der Waals surface area contributed by atoms with Gasteiger partial charge in [-0.15, -0.1) is 0 Å². The SMILES string of the molecule is O=C(N[C@@H](COC1CN(CCCc2ccc3c(n2)NCCC3)C1)C(=O)O)OCc1ccccc1. The van der Waals surface area contributed by atoms with Crippen LogP contribution in [0.3, 0.4) is 0 Å². The highest BCUT2D eigenvalue weighted by molar-refractivity contribution is 5.80. The molecule has 1 atom stereocenters. The normalized spacial score (nSPS) is 16.6. The molecule has 1 fully saturated rings. The van der Waals surface area contributed by atoms with Crippen LogP contribution in [0.15, 0.2) is 42.5 Å². The predicted molar refractivity (Wildman–Crippen MR) is 127 cm³/mol. The molecule has 1 amide bonds. The molecule has 2 aliphatic rings. The van der Waals surface area contributed by atoms with E-state index in [0.717, 1.165) is 68.9 Å². The number of alkyl carbamates (subject to hydrolysis) is 1. The summed E-state index contributed by atoms with van der Waals surface area (Å²) in [4.78, 5) is 30.5. The van der Waals surface area contributed by atoms with Gasteiger partial charge in [-0.1, -0.05) is 36.4 Å². The van der Waals surface area contributed by atoms with E-state index in [0.29, 0.717) is 0 Å². The lowest BCUT2D eigenvalue weighted by atomic mass is 10.1. The van der Waals surface area contributed by atoms with E-state index < -0.39 is 18.1 Å². The fourth-order valence-electron chi connectivity index (χ4n) is 4.12. The number of carbonyl (C=O) groups excluding carboxylic acids is 1. The van der Waals surface area contributed by atoms with Crippen LogP contribution in [0.1, 0.15) is 29.7 Å². The molecule has 0 unspecified atom stereocenters. The van der Waals surface area contributed by atoms with Gasteiger partial charge in [0.05, 0.1) is 12.7 Å². The van der Waals surface area contributed by atoms with E-state index in [2.05, 4.69) is 27.7 Å². The fraction of sp³-hybridized carbons (Fsp3) is 0.480. The van der Waals surface area contributed by atoms with E-state index in [1.165, 1.54) is 5.56 Å². The molecule has 9 heteroatoms. The van der Waals surface area contributed by atoms with Crippen molar-refractivity contribution in [3.8, 4) is 0 Å². The number of pyridine rings is 1. The number of amides is 1. The molecule has 0 bridgehead atoms. The van der Waals surface area contributed by atoms with Gasteiger partial charge in [0.2, 0.25) is 0 Å². The zero-order chi connectivity index (χ0) is 23.8. The molecular weight excluding hydrogens is 436 g/mol. The van der Waals surface area contributed by atoms with Crippen molar-refractivity contribution in [2.24, 2.45) is 0 Å². The number of nitrogens with zero attached hydrogens (tertiary/aromatic N) is 2. The number of carbonyl (C=O) groups is 2. The number of anilines is 1. The van der Waals surface area contributed by atoms with Crippen molar-refractivity contribution in [1.82, 2.24) is 15.2 Å². The molecule has 1 saturated heterocycles. The van der Waals surface area contributed by atoms with E-state index in [4.69, 9.17) is 14.5 Å². The first-order chi connectivity index (χ1) is 16.6. The summed E-state index contributed by atoms with van der Waals surface area (Å²) in [6.45, 7) is 3.42. The molecule has 0 saturated carbocycles. The molecule has 182 valence electrons. The number of nitrogens with one attached hydrogen (secondary N) is 2. The zero-order valence-corrected chi connectivity index (χ0v) is 19.2. The molecule has 3 heterocycles. The van der Waals surface area contributed by atoms with Gasteiger partial charge in [0.25, 0.3) is 0 Å². The average Bonchev–Trinajstić information content (AvgIpc) is 2.83. The number of benzene rings is 1. The number of hydrogen-bond donors (Lipinski definition) is 3. The Morgan fingerprint density at radius 3 is 2.82 bits per heavy atom. The van der Waals surface area contributed by atoms with Gasteiger partial charge >= 0.3 is 12.1 Å². The molecule has 0 radical (unpaired) electrons. The number of hydrogen-bond acceptors (Lipinski definition) is 7. The maximum atomic E-state index is 12.0. The van der Waals surface area contributed by atoms with Crippen molar-refractivity contribution in [3.63, 3.8) is 0 Å². The number of aryl methyl sites for hydroxylation is 2. The minimum atomic E-state index is -1.15. The van der Waals surface area contributed by atoms with Crippen LogP contribution < -0.4 is 10.6 Å². The number of carboxylic acid groups (broad SMARTS) is 1. The second-order valence-corrected chi connectivity index (χ2v) is 8.76. The smallest absolute Gasteiger partial charge is 0.408 e. The summed E-state index contributed by atoms with van der Waals surface area (Å²) in [6, 6.07) is 12.4. The number of carboxylic acids is 1. The Bertz CT molecular complexity index is 965. The zero-order valence-electron chi connectivity index (χ0n) is 19.2. The fourth-order valence-corrected chi connectivity index (χ4v) is 4.12. The molecule has 3 N–H and O–H groups in total. The van der Waals surface area contributed by atoms with Crippen LogP contribution in [0.5, 0.6) is 0 Å². The minimum absolute atomic E-state index is 0.0324. The number of aliphatic carboxylic acids is 1. The summed E-state index contributed by atoms with van der Waals surface area (Å²) in [5.41, 5.74) is 3.24. The van der Waals surface area contributed by atoms with E-state index in [1.807, 2.05) is 30.3 Å². The maximum Gasteiger partial charge on any atom is 0.408 e. The van der Waals surface area contributed by atoms with Gasteiger partial charge in [0.15, 0.2) is 6.04 Å². The monoisotopic (exact) mass is 468 g/mol. The van der Waals surface area contributed by atoms with Gasteiger partial charge in [-0.05, 0) is 49.4 Å². The van der Waals surface area contributed by atoms with Gasteiger partial charge in [0.1, 0.15) is 12.4 Å². The highest BCUT2D eigenvalue weighted by Gasteiger charge is 2.29. The third-order valence-electron chi connectivity index (χ3n) is 6.08. The lowest BCUT2D eigenvalue weighted by Crippen LogP contribution is -2.54. The Morgan fingerprint density at radius 2 is 2.03 bits per heavy atom. The van der Waals surface area contributed by atoms with Crippen molar-refractivity contribution in [1.29, 1.82) is 0 Å². The Labute approximate surface area is 199 Å². The molecule has 2 aromatic rings. The summed E-state index contributed by atoms with van der Waals surface area (Å²) in [6.07, 6.45) is 3.38. The predicted octanol–water partition coefficient (Wildman–Crippen LogP) is 2.45.